The molecule has 4 nitrogen and oxygen atoms in total. The fourth-order valence-electron chi connectivity index (χ4n) is 2.31. The molecular weight excluding hydrogens is 250 g/mol. The summed E-state index contributed by atoms with van der Waals surface area (Å²) in [6, 6.07) is 13.9. The molecule has 0 amide bonds. The summed E-state index contributed by atoms with van der Waals surface area (Å²) in [5.74, 6) is 0. The van der Waals surface area contributed by atoms with E-state index in [-0.39, 0.29) is 0 Å². The van der Waals surface area contributed by atoms with Gasteiger partial charge in [0.15, 0.2) is 0 Å². The topological polar surface area (TPSA) is 43.0 Å². The largest absolute Gasteiger partial charge is 0.387 e. The van der Waals surface area contributed by atoms with Crippen molar-refractivity contribution in [3.05, 3.63) is 72.3 Å². The summed E-state index contributed by atoms with van der Waals surface area (Å²) in [5.41, 5.74) is 3.06. The van der Waals surface area contributed by atoms with Crippen LogP contribution in [-0.2, 0) is 6.54 Å². The molecule has 2 aromatic heterocycles. The van der Waals surface area contributed by atoms with Crippen LogP contribution in [0.3, 0.4) is 0 Å². The lowest BCUT2D eigenvalue weighted by atomic mass is 10.2. The molecule has 0 spiro atoms. The van der Waals surface area contributed by atoms with Crippen LogP contribution in [0.5, 0.6) is 0 Å². The minimum atomic E-state index is -0.464. The van der Waals surface area contributed by atoms with E-state index >= 15 is 0 Å². The minimum absolute atomic E-state index is 0.464. The molecule has 0 aliphatic carbocycles. The summed E-state index contributed by atoms with van der Waals surface area (Å²) < 4.78 is 3.90. The highest BCUT2D eigenvalue weighted by molar-refractivity contribution is 5.31. The molecular formula is C16H17N3O. The minimum Gasteiger partial charge on any atom is -0.387 e. The number of nitrogens with zero attached hydrogens (tertiary/aromatic N) is 3. The Balaban J connectivity index is 1.83. The fraction of sp³-hybridized carbons (Fsp3) is 0.188. The molecule has 4 heteroatoms. The Morgan fingerprint density at radius 2 is 1.95 bits per heavy atom. The van der Waals surface area contributed by atoms with Crippen molar-refractivity contribution in [3.63, 3.8) is 0 Å². The zero-order valence-electron chi connectivity index (χ0n) is 11.3. The third-order valence-corrected chi connectivity index (χ3v) is 3.30. The fourth-order valence-corrected chi connectivity index (χ4v) is 2.31. The normalized spacial score (nSPS) is 12.5. The third-order valence-electron chi connectivity index (χ3n) is 3.30. The van der Waals surface area contributed by atoms with Gasteiger partial charge in [0.1, 0.15) is 0 Å². The van der Waals surface area contributed by atoms with Gasteiger partial charge in [-0.2, -0.15) is 5.10 Å². The molecule has 3 aromatic rings. The molecule has 3 rings (SSSR count). The number of para-hydroxylation sites is 1. The van der Waals surface area contributed by atoms with E-state index in [1.807, 2.05) is 70.3 Å². The number of hydrogen-bond acceptors (Lipinski definition) is 2. The maximum atomic E-state index is 9.71. The smallest absolute Gasteiger partial charge is 0.0911 e. The van der Waals surface area contributed by atoms with Gasteiger partial charge in [-0.3, -0.25) is 0 Å². The summed E-state index contributed by atoms with van der Waals surface area (Å²) >= 11 is 0. The van der Waals surface area contributed by atoms with Crippen LogP contribution in [0.15, 0.2) is 61.1 Å². The Labute approximate surface area is 117 Å². The van der Waals surface area contributed by atoms with E-state index < -0.39 is 6.10 Å². The van der Waals surface area contributed by atoms with E-state index in [0.717, 1.165) is 16.9 Å². The summed E-state index contributed by atoms with van der Waals surface area (Å²) in [4.78, 5) is 0. The van der Waals surface area contributed by atoms with Crippen LogP contribution in [0.25, 0.3) is 5.69 Å². The molecule has 0 saturated carbocycles. The standard InChI is InChI=1S/C16H17N3O/c1-13(20)16-8-5-9-18(16)11-14-10-17-19(12-14)15-6-3-2-4-7-15/h2-10,12-13,20H,11H2,1H3. The maximum absolute atomic E-state index is 9.71. The molecule has 0 saturated heterocycles. The third kappa shape index (κ3) is 2.51. The highest BCUT2D eigenvalue weighted by Crippen LogP contribution is 2.15. The second-order valence-electron chi connectivity index (χ2n) is 4.87. The van der Waals surface area contributed by atoms with Crippen LogP contribution in [0.2, 0.25) is 0 Å². The van der Waals surface area contributed by atoms with Gasteiger partial charge in [-0.1, -0.05) is 18.2 Å². The maximum Gasteiger partial charge on any atom is 0.0911 e. The summed E-state index contributed by atoms with van der Waals surface area (Å²) in [6.45, 7) is 2.49. The Morgan fingerprint density at radius 3 is 2.70 bits per heavy atom. The predicted molar refractivity (Wildman–Crippen MR) is 77.7 cm³/mol. The lowest BCUT2D eigenvalue weighted by Crippen LogP contribution is -2.05. The first-order chi connectivity index (χ1) is 9.74. The van der Waals surface area contributed by atoms with Gasteiger partial charge in [0.25, 0.3) is 0 Å². The summed E-state index contributed by atoms with van der Waals surface area (Å²) in [6.07, 6.45) is 5.39. The van der Waals surface area contributed by atoms with Crippen molar-refractivity contribution in [2.45, 2.75) is 19.6 Å². The van der Waals surface area contributed by atoms with Crippen molar-refractivity contribution < 1.29 is 5.11 Å². The number of aliphatic hydroxyl groups excluding tert-OH is 1. The quantitative estimate of drug-likeness (QED) is 0.790. The Hall–Kier alpha value is -2.33. The molecule has 20 heavy (non-hydrogen) atoms. The van der Waals surface area contributed by atoms with Crippen LogP contribution < -0.4 is 0 Å². The zero-order chi connectivity index (χ0) is 13.9. The van der Waals surface area contributed by atoms with Gasteiger partial charge >= 0.3 is 0 Å². The second kappa shape index (κ2) is 5.35. The van der Waals surface area contributed by atoms with E-state index in [4.69, 9.17) is 0 Å². The SMILES string of the molecule is CC(O)c1cccn1Cc1cnn(-c2ccccc2)c1. The molecule has 1 atom stereocenters. The van der Waals surface area contributed by atoms with Crippen LogP contribution in [-0.4, -0.2) is 19.5 Å². The van der Waals surface area contributed by atoms with Gasteiger partial charge in [0.2, 0.25) is 0 Å². The van der Waals surface area contributed by atoms with E-state index in [2.05, 4.69) is 5.10 Å². The molecule has 1 aromatic carbocycles. The highest BCUT2D eigenvalue weighted by Gasteiger charge is 2.08. The summed E-state index contributed by atoms with van der Waals surface area (Å²) in [7, 11) is 0. The Bertz CT molecular complexity index is 683. The zero-order valence-corrected chi connectivity index (χ0v) is 11.3. The Morgan fingerprint density at radius 1 is 1.15 bits per heavy atom. The van der Waals surface area contributed by atoms with E-state index in [1.165, 1.54) is 0 Å². The van der Waals surface area contributed by atoms with Crippen LogP contribution in [0.1, 0.15) is 24.3 Å². The van der Waals surface area contributed by atoms with Crippen molar-refractivity contribution >= 4 is 0 Å². The van der Waals surface area contributed by atoms with Gasteiger partial charge in [-0.25, -0.2) is 4.68 Å². The number of rotatable bonds is 4. The lowest BCUT2D eigenvalue weighted by molar-refractivity contribution is 0.190. The van der Waals surface area contributed by atoms with Crippen molar-refractivity contribution in [2.75, 3.05) is 0 Å². The van der Waals surface area contributed by atoms with Crippen LogP contribution in [0, 0.1) is 0 Å². The van der Waals surface area contributed by atoms with Gasteiger partial charge in [0, 0.05) is 23.7 Å². The average Bonchev–Trinajstić information content (AvgIpc) is 3.09. The Kier molecular flexibility index (Phi) is 3.39. The molecule has 0 bridgehead atoms. The van der Waals surface area contributed by atoms with E-state index in [1.54, 1.807) is 6.92 Å². The van der Waals surface area contributed by atoms with Crippen molar-refractivity contribution in [3.8, 4) is 5.69 Å². The number of aromatic nitrogens is 3. The van der Waals surface area contributed by atoms with Crippen LogP contribution >= 0.6 is 0 Å². The predicted octanol–water partition coefficient (Wildman–Crippen LogP) is 2.78. The first-order valence-electron chi connectivity index (χ1n) is 6.66. The monoisotopic (exact) mass is 267 g/mol. The second-order valence-corrected chi connectivity index (χ2v) is 4.87. The van der Waals surface area contributed by atoms with E-state index in [9.17, 15) is 5.11 Å². The highest BCUT2D eigenvalue weighted by atomic mass is 16.3. The first kappa shape index (κ1) is 12.7. The molecule has 0 aliphatic heterocycles. The van der Waals surface area contributed by atoms with Gasteiger partial charge in [-0.05, 0) is 31.2 Å². The molecule has 1 unspecified atom stereocenters. The van der Waals surface area contributed by atoms with Gasteiger partial charge < -0.3 is 9.67 Å². The van der Waals surface area contributed by atoms with Crippen molar-refractivity contribution in [1.82, 2.24) is 14.3 Å². The molecule has 102 valence electrons. The molecule has 1 N–H and O–H groups in total. The lowest BCUT2D eigenvalue weighted by Gasteiger charge is -2.09. The first-order valence-corrected chi connectivity index (χ1v) is 6.66. The van der Waals surface area contributed by atoms with Crippen molar-refractivity contribution in [1.29, 1.82) is 0 Å². The molecule has 2 heterocycles. The molecule has 0 radical (unpaired) electrons. The van der Waals surface area contributed by atoms with Crippen molar-refractivity contribution in [2.24, 2.45) is 0 Å². The number of aliphatic hydroxyl groups is 1. The number of benzene rings is 1. The number of hydrogen-bond donors (Lipinski definition) is 1. The van der Waals surface area contributed by atoms with Gasteiger partial charge in [-0.15, -0.1) is 0 Å². The molecule has 0 fully saturated rings. The van der Waals surface area contributed by atoms with Crippen LogP contribution in [0.4, 0.5) is 0 Å². The van der Waals surface area contributed by atoms with E-state index in [0.29, 0.717) is 6.54 Å². The van der Waals surface area contributed by atoms with Gasteiger partial charge in [0.05, 0.1) is 24.5 Å². The molecule has 0 aliphatic rings. The average molecular weight is 267 g/mol. The summed E-state index contributed by atoms with van der Waals surface area (Å²) in [5, 5.41) is 14.1.